The van der Waals surface area contributed by atoms with E-state index in [0.717, 1.165) is 26.1 Å². The fourth-order valence-corrected chi connectivity index (χ4v) is 1.67. The average molecular weight is 218 g/mol. The van der Waals surface area contributed by atoms with E-state index in [1.54, 1.807) is 18.2 Å². The highest BCUT2D eigenvalue weighted by Gasteiger charge is 2.14. The number of rotatable bonds is 3. The minimum absolute atomic E-state index is 0.393. The SMILES string of the molecule is N#Cc1cccc(OCC2CCOCC2)n1. The second kappa shape index (κ2) is 5.47. The predicted octanol–water partition coefficient (Wildman–Crippen LogP) is 1.76. The van der Waals surface area contributed by atoms with Crippen molar-refractivity contribution in [3.63, 3.8) is 0 Å². The maximum atomic E-state index is 8.69. The van der Waals surface area contributed by atoms with Crippen LogP contribution in [0.25, 0.3) is 0 Å². The van der Waals surface area contributed by atoms with E-state index in [4.69, 9.17) is 14.7 Å². The van der Waals surface area contributed by atoms with Crippen molar-refractivity contribution in [2.75, 3.05) is 19.8 Å². The molecule has 1 saturated heterocycles. The maximum Gasteiger partial charge on any atom is 0.214 e. The molecule has 2 rings (SSSR count). The molecule has 0 N–H and O–H groups in total. The first-order valence-corrected chi connectivity index (χ1v) is 5.46. The number of ether oxygens (including phenoxy) is 2. The van der Waals surface area contributed by atoms with Crippen molar-refractivity contribution in [1.29, 1.82) is 5.26 Å². The molecule has 0 atom stereocenters. The van der Waals surface area contributed by atoms with Crippen LogP contribution in [-0.2, 0) is 4.74 Å². The summed E-state index contributed by atoms with van der Waals surface area (Å²) in [6, 6.07) is 7.22. The molecule has 4 heteroatoms. The average Bonchev–Trinajstić information content (AvgIpc) is 2.38. The maximum absolute atomic E-state index is 8.69. The quantitative estimate of drug-likeness (QED) is 0.775. The lowest BCUT2D eigenvalue weighted by molar-refractivity contribution is 0.0490. The fourth-order valence-electron chi connectivity index (χ4n) is 1.67. The number of hydrogen-bond donors (Lipinski definition) is 0. The van der Waals surface area contributed by atoms with Gasteiger partial charge in [0.2, 0.25) is 5.88 Å². The normalized spacial score (nSPS) is 16.7. The first-order valence-electron chi connectivity index (χ1n) is 5.46. The smallest absolute Gasteiger partial charge is 0.214 e. The van der Waals surface area contributed by atoms with E-state index in [1.165, 1.54) is 0 Å². The number of hydrogen-bond acceptors (Lipinski definition) is 4. The number of aromatic nitrogens is 1. The third-order valence-corrected chi connectivity index (χ3v) is 2.65. The first kappa shape index (κ1) is 10.9. The summed E-state index contributed by atoms with van der Waals surface area (Å²) in [6.07, 6.45) is 2.08. The molecule has 1 fully saturated rings. The third-order valence-electron chi connectivity index (χ3n) is 2.65. The molecule has 1 aliphatic rings. The molecule has 0 radical (unpaired) electrons. The molecule has 4 nitrogen and oxygen atoms in total. The van der Waals surface area contributed by atoms with Gasteiger partial charge in [-0.3, -0.25) is 0 Å². The number of nitriles is 1. The molecule has 0 aromatic carbocycles. The van der Waals surface area contributed by atoms with E-state index in [0.29, 0.717) is 24.1 Å². The third kappa shape index (κ3) is 2.94. The van der Waals surface area contributed by atoms with Crippen LogP contribution < -0.4 is 4.74 Å². The lowest BCUT2D eigenvalue weighted by Gasteiger charge is -2.21. The lowest BCUT2D eigenvalue weighted by Crippen LogP contribution is -2.21. The Balaban J connectivity index is 1.86. The largest absolute Gasteiger partial charge is 0.477 e. The molecule has 0 saturated carbocycles. The van der Waals surface area contributed by atoms with Crippen LogP contribution in [0, 0.1) is 17.2 Å². The van der Waals surface area contributed by atoms with E-state index in [1.807, 2.05) is 6.07 Å². The van der Waals surface area contributed by atoms with Crippen LogP contribution in [0.5, 0.6) is 5.88 Å². The van der Waals surface area contributed by atoms with Gasteiger partial charge in [0.25, 0.3) is 0 Å². The van der Waals surface area contributed by atoms with Gasteiger partial charge in [-0.2, -0.15) is 5.26 Å². The molecule has 2 heterocycles. The van der Waals surface area contributed by atoms with Crippen LogP contribution >= 0.6 is 0 Å². The van der Waals surface area contributed by atoms with Gasteiger partial charge in [0.1, 0.15) is 11.8 Å². The Morgan fingerprint density at radius 1 is 1.44 bits per heavy atom. The monoisotopic (exact) mass is 218 g/mol. The number of pyridine rings is 1. The molecule has 0 spiro atoms. The highest BCUT2D eigenvalue weighted by molar-refractivity contribution is 5.24. The Morgan fingerprint density at radius 3 is 3.00 bits per heavy atom. The topological polar surface area (TPSA) is 55.1 Å². The molecule has 16 heavy (non-hydrogen) atoms. The Bertz CT molecular complexity index is 381. The summed E-state index contributed by atoms with van der Waals surface area (Å²) in [4.78, 5) is 4.06. The lowest BCUT2D eigenvalue weighted by atomic mass is 10.0. The summed E-state index contributed by atoms with van der Waals surface area (Å²) >= 11 is 0. The summed E-state index contributed by atoms with van der Waals surface area (Å²) in [7, 11) is 0. The van der Waals surface area contributed by atoms with Crippen LogP contribution in [0.15, 0.2) is 18.2 Å². The van der Waals surface area contributed by atoms with Crippen LogP contribution in [0.3, 0.4) is 0 Å². The molecule has 1 aromatic heterocycles. The van der Waals surface area contributed by atoms with Crippen LogP contribution in [0.2, 0.25) is 0 Å². The van der Waals surface area contributed by atoms with Crippen molar-refractivity contribution in [2.45, 2.75) is 12.8 Å². The molecular weight excluding hydrogens is 204 g/mol. The molecule has 1 aromatic rings. The fraction of sp³-hybridized carbons (Fsp3) is 0.500. The Labute approximate surface area is 94.8 Å². The zero-order chi connectivity index (χ0) is 11.2. The molecular formula is C12H14N2O2. The Kier molecular flexibility index (Phi) is 3.73. The van der Waals surface area contributed by atoms with E-state index in [2.05, 4.69) is 4.98 Å². The highest BCUT2D eigenvalue weighted by atomic mass is 16.5. The van der Waals surface area contributed by atoms with Crippen molar-refractivity contribution < 1.29 is 9.47 Å². The molecule has 0 bridgehead atoms. The standard InChI is InChI=1S/C12H14N2O2/c13-8-11-2-1-3-12(14-11)16-9-10-4-6-15-7-5-10/h1-3,10H,4-7,9H2. The zero-order valence-corrected chi connectivity index (χ0v) is 9.06. The van der Waals surface area contributed by atoms with Crippen molar-refractivity contribution in [2.24, 2.45) is 5.92 Å². The molecule has 0 unspecified atom stereocenters. The molecule has 1 aliphatic heterocycles. The summed E-state index contributed by atoms with van der Waals surface area (Å²) in [5.41, 5.74) is 0.393. The Hall–Kier alpha value is -1.60. The minimum atomic E-state index is 0.393. The second-order valence-corrected chi connectivity index (χ2v) is 3.84. The van der Waals surface area contributed by atoms with Crippen molar-refractivity contribution in [3.8, 4) is 11.9 Å². The summed E-state index contributed by atoms with van der Waals surface area (Å²) in [6.45, 7) is 2.30. The summed E-state index contributed by atoms with van der Waals surface area (Å²) in [5, 5.41) is 8.69. The summed E-state index contributed by atoms with van der Waals surface area (Å²) < 4.78 is 10.8. The molecule has 0 aliphatic carbocycles. The van der Waals surface area contributed by atoms with Gasteiger partial charge in [-0.15, -0.1) is 0 Å². The van der Waals surface area contributed by atoms with Crippen LogP contribution in [0.1, 0.15) is 18.5 Å². The van der Waals surface area contributed by atoms with Gasteiger partial charge >= 0.3 is 0 Å². The minimum Gasteiger partial charge on any atom is -0.477 e. The molecule has 0 amide bonds. The van der Waals surface area contributed by atoms with Gasteiger partial charge < -0.3 is 9.47 Å². The summed E-state index contributed by atoms with van der Waals surface area (Å²) in [5.74, 6) is 1.08. The molecule has 84 valence electrons. The van der Waals surface area contributed by atoms with Crippen molar-refractivity contribution in [3.05, 3.63) is 23.9 Å². The van der Waals surface area contributed by atoms with Crippen LogP contribution in [-0.4, -0.2) is 24.8 Å². The number of nitrogens with zero attached hydrogens (tertiary/aromatic N) is 2. The van der Waals surface area contributed by atoms with Crippen LogP contribution in [0.4, 0.5) is 0 Å². The van der Waals surface area contributed by atoms with Gasteiger partial charge in [-0.25, -0.2) is 4.98 Å². The predicted molar refractivity (Wildman–Crippen MR) is 58.0 cm³/mol. The van der Waals surface area contributed by atoms with Gasteiger partial charge in [-0.05, 0) is 24.8 Å². The second-order valence-electron chi connectivity index (χ2n) is 3.84. The van der Waals surface area contributed by atoms with Crippen molar-refractivity contribution in [1.82, 2.24) is 4.98 Å². The zero-order valence-electron chi connectivity index (χ0n) is 9.06. The van der Waals surface area contributed by atoms with E-state index < -0.39 is 0 Å². The highest BCUT2D eigenvalue weighted by Crippen LogP contribution is 2.16. The van der Waals surface area contributed by atoms with E-state index in [-0.39, 0.29) is 0 Å². The van der Waals surface area contributed by atoms with Crippen molar-refractivity contribution >= 4 is 0 Å². The first-order chi connectivity index (χ1) is 7.88. The van der Waals surface area contributed by atoms with Gasteiger partial charge in [-0.1, -0.05) is 6.07 Å². The van der Waals surface area contributed by atoms with Gasteiger partial charge in [0.05, 0.1) is 6.61 Å². The van der Waals surface area contributed by atoms with E-state index >= 15 is 0 Å². The Morgan fingerprint density at radius 2 is 2.25 bits per heavy atom. The van der Waals surface area contributed by atoms with Gasteiger partial charge in [0.15, 0.2) is 0 Å². The van der Waals surface area contributed by atoms with E-state index in [9.17, 15) is 0 Å². The van der Waals surface area contributed by atoms with Gasteiger partial charge in [0, 0.05) is 19.3 Å².